The molecule has 1 aromatic heterocycles. The molecule has 2 aliphatic rings. The molecule has 1 aliphatic carbocycles. The third-order valence-electron chi connectivity index (χ3n) is 5.56. The molecule has 136 valence electrons. The van der Waals surface area contributed by atoms with Crippen LogP contribution in [0.5, 0.6) is 0 Å². The summed E-state index contributed by atoms with van der Waals surface area (Å²) < 4.78 is 35.8. The van der Waals surface area contributed by atoms with Crippen LogP contribution in [0.15, 0.2) is 18.5 Å². The Balaban J connectivity index is 1.68. The lowest BCUT2D eigenvalue weighted by Gasteiger charge is -2.45. The second kappa shape index (κ2) is 5.66. The Morgan fingerprint density at radius 2 is 2.35 bits per heavy atom. The van der Waals surface area contributed by atoms with E-state index in [1.165, 1.54) is 18.5 Å². The largest absolute Gasteiger partial charge is 0.441 e. The number of imidazole rings is 1. The first-order valence-corrected chi connectivity index (χ1v) is 8.50. The number of alkyl carbamates (subject to hydrolysis) is 1. The molecule has 2 heterocycles. The number of amides is 1. The lowest BCUT2D eigenvalue weighted by atomic mass is 9.67. The number of rotatable bonds is 2. The minimum Gasteiger partial charge on any atom is -0.441 e. The van der Waals surface area contributed by atoms with E-state index in [0.29, 0.717) is 43.4 Å². The molecule has 0 unspecified atom stereocenters. The number of fused-ring (bicyclic) bond motifs is 1. The third-order valence-corrected chi connectivity index (χ3v) is 5.56. The van der Waals surface area contributed by atoms with Crippen molar-refractivity contribution < 1.29 is 18.3 Å². The molecular formula is C18H18F2N4O2. The van der Waals surface area contributed by atoms with Crippen LogP contribution < -0.4 is 5.32 Å². The number of nitriles is 1. The quantitative estimate of drug-likeness (QED) is 0.893. The number of carbonyl (C=O) groups is 1. The van der Waals surface area contributed by atoms with E-state index >= 15 is 0 Å². The molecule has 1 saturated heterocycles. The molecule has 1 saturated carbocycles. The highest BCUT2D eigenvalue weighted by Crippen LogP contribution is 2.47. The van der Waals surface area contributed by atoms with Gasteiger partial charge < -0.3 is 14.6 Å². The average molecular weight is 360 g/mol. The molecule has 8 heteroatoms. The summed E-state index contributed by atoms with van der Waals surface area (Å²) in [7, 11) is 0. The summed E-state index contributed by atoms with van der Waals surface area (Å²) in [6, 6.07) is 4.46. The Kier molecular flexibility index (Phi) is 3.65. The predicted octanol–water partition coefficient (Wildman–Crippen LogP) is 3.05. The van der Waals surface area contributed by atoms with Gasteiger partial charge in [0.25, 0.3) is 0 Å². The number of alkyl halides is 1. The standard InChI is InChI=1S/C18H18F2N4O2/c1-17(7-18(3-2-15(17)20)8-22-16(25)26-18)9-24-10-23-13-5-12(19)11(6-21)4-14(13)24/h4-5,10,15H,2-3,7-9H2,1H3,(H,22,25)/t15-,17+,18+/m1/s1. The van der Waals surface area contributed by atoms with Gasteiger partial charge in [-0.15, -0.1) is 0 Å². The van der Waals surface area contributed by atoms with Gasteiger partial charge in [-0.2, -0.15) is 5.26 Å². The Hall–Kier alpha value is -2.69. The monoisotopic (exact) mass is 360 g/mol. The number of nitrogens with zero attached hydrogens (tertiary/aromatic N) is 3. The Morgan fingerprint density at radius 1 is 1.54 bits per heavy atom. The Bertz CT molecular complexity index is 937. The van der Waals surface area contributed by atoms with E-state index in [4.69, 9.17) is 10.00 Å². The minimum absolute atomic E-state index is 0.0739. The van der Waals surface area contributed by atoms with Gasteiger partial charge in [0.2, 0.25) is 0 Å². The number of hydrogen-bond donors (Lipinski definition) is 1. The van der Waals surface area contributed by atoms with Gasteiger partial charge in [-0.1, -0.05) is 6.92 Å². The molecule has 3 atom stereocenters. The molecule has 2 fully saturated rings. The van der Waals surface area contributed by atoms with Gasteiger partial charge in [0.15, 0.2) is 0 Å². The molecule has 1 spiro atoms. The van der Waals surface area contributed by atoms with Crippen LogP contribution >= 0.6 is 0 Å². The van der Waals surface area contributed by atoms with E-state index in [-0.39, 0.29) is 5.56 Å². The molecule has 0 radical (unpaired) electrons. The summed E-state index contributed by atoms with van der Waals surface area (Å²) in [6.07, 6.45) is 1.16. The number of nitrogens with one attached hydrogen (secondary N) is 1. The molecule has 26 heavy (non-hydrogen) atoms. The molecule has 2 aromatic rings. The van der Waals surface area contributed by atoms with Gasteiger partial charge in [-0.05, 0) is 25.3 Å². The SMILES string of the molecule is C[C@@]1(Cn2cnc3cc(F)c(C#N)cc32)C[C@@]2(CC[C@H]1F)CNC(=O)O2. The van der Waals surface area contributed by atoms with Crippen molar-refractivity contribution in [3.63, 3.8) is 0 Å². The van der Waals surface area contributed by atoms with Crippen molar-refractivity contribution in [1.82, 2.24) is 14.9 Å². The highest BCUT2D eigenvalue weighted by molar-refractivity contribution is 5.77. The second-order valence-electron chi connectivity index (χ2n) is 7.57. The third kappa shape index (κ3) is 2.59. The Morgan fingerprint density at radius 3 is 3.04 bits per heavy atom. The molecule has 6 nitrogen and oxygen atoms in total. The number of aromatic nitrogens is 2. The van der Waals surface area contributed by atoms with Crippen LogP contribution in [-0.4, -0.2) is 34.0 Å². The van der Waals surface area contributed by atoms with Gasteiger partial charge in [0, 0.05) is 18.0 Å². The summed E-state index contributed by atoms with van der Waals surface area (Å²) >= 11 is 0. The van der Waals surface area contributed by atoms with Crippen molar-refractivity contribution in [3.05, 3.63) is 29.8 Å². The number of ether oxygens (including phenoxy) is 1. The van der Waals surface area contributed by atoms with Crippen LogP contribution in [0.25, 0.3) is 11.0 Å². The lowest BCUT2D eigenvalue weighted by molar-refractivity contribution is -0.0664. The highest BCUT2D eigenvalue weighted by Gasteiger charge is 2.53. The number of benzene rings is 1. The molecule has 1 aliphatic heterocycles. The zero-order chi connectivity index (χ0) is 18.5. The van der Waals surface area contributed by atoms with Gasteiger partial charge >= 0.3 is 6.09 Å². The number of carbonyl (C=O) groups excluding carboxylic acids is 1. The molecule has 1 aromatic carbocycles. The summed E-state index contributed by atoms with van der Waals surface area (Å²) in [5.41, 5.74) is -0.540. The van der Waals surface area contributed by atoms with E-state index in [1.807, 2.05) is 13.0 Å². The summed E-state index contributed by atoms with van der Waals surface area (Å²) in [5, 5.41) is 11.7. The zero-order valence-electron chi connectivity index (χ0n) is 14.3. The van der Waals surface area contributed by atoms with Crippen LogP contribution in [0.4, 0.5) is 13.6 Å². The fraction of sp³-hybridized carbons (Fsp3) is 0.500. The van der Waals surface area contributed by atoms with Crippen molar-refractivity contribution in [2.45, 2.75) is 44.5 Å². The fourth-order valence-corrected chi connectivity index (χ4v) is 4.25. The van der Waals surface area contributed by atoms with E-state index in [2.05, 4.69) is 10.3 Å². The second-order valence-corrected chi connectivity index (χ2v) is 7.57. The molecular weight excluding hydrogens is 342 g/mol. The van der Waals surface area contributed by atoms with E-state index < -0.39 is 29.1 Å². The maximum Gasteiger partial charge on any atom is 0.407 e. The first kappa shape index (κ1) is 16.8. The minimum atomic E-state index is -1.07. The van der Waals surface area contributed by atoms with Crippen LogP contribution in [-0.2, 0) is 11.3 Å². The maximum absolute atomic E-state index is 14.9. The van der Waals surface area contributed by atoms with Crippen molar-refractivity contribution in [2.75, 3.05) is 6.54 Å². The average Bonchev–Trinajstić information content (AvgIpc) is 3.14. The van der Waals surface area contributed by atoms with Gasteiger partial charge in [0.1, 0.15) is 23.7 Å². The van der Waals surface area contributed by atoms with Crippen LogP contribution in [0, 0.1) is 22.6 Å². The fourth-order valence-electron chi connectivity index (χ4n) is 4.25. The smallest absolute Gasteiger partial charge is 0.407 e. The van der Waals surface area contributed by atoms with Crippen LogP contribution in [0.3, 0.4) is 0 Å². The molecule has 4 rings (SSSR count). The predicted molar refractivity (Wildman–Crippen MR) is 88.5 cm³/mol. The maximum atomic E-state index is 14.9. The van der Waals surface area contributed by atoms with Crippen molar-refractivity contribution >= 4 is 17.1 Å². The van der Waals surface area contributed by atoms with Gasteiger partial charge in [0.05, 0.1) is 29.5 Å². The van der Waals surface area contributed by atoms with Crippen molar-refractivity contribution in [3.8, 4) is 6.07 Å². The van der Waals surface area contributed by atoms with E-state index in [1.54, 1.807) is 4.57 Å². The first-order valence-electron chi connectivity index (χ1n) is 8.50. The topological polar surface area (TPSA) is 79.9 Å². The van der Waals surface area contributed by atoms with E-state index in [0.717, 1.165) is 0 Å². The Labute approximate surface area is 148 Å². The summed E-state index contributed by atoms with van der Waals surface area (Å²) in [5.74, 6) is -0.625. The summed E-state index contributed by atoms with van der Waals surface area (Å²) in [6.45, 7) is 2.49. The van der Waals surface area contributed by atoms with Gasteiger partial charge in [-0.3, -0.25) is 0 Å². The van der Waals surface area contributed by atoms with Crippen molar-refractivity contribution in [1.29, 1.82) is 5.26 Å². The lowest BCUT2D eigenvalue weighted by Crippen LogP contribution is -2.50. The van der Waals surface area contributed by atoms with Gasteiger partial charge in [-0.25, -0.2) is 18.6 Å². The van der Waals surface area contributed by atoms with E-state index in [9.17, 15) is 13.6 Å². The van der Waals surface area contributed by atoms with Crippen molar-refractivity contribution in [2.24, 2.45) is 5.41 Å². The number of halogens is 2. The first-order chi connectivity index (χ1) is 12.3. The number of hydrogen-bond acceptors (Lipinski definition) is 4. The highest BCUT2D eigenvalue weighted by atomic mass is 19.1. The summed E-state index contributed by atoms with van der Waals surface area (Å²) in [4.78, 5) is 15.7. The molecule has 1 amide bonds. The zero-order valence-corrected chi connectivity index (χ0v) is 14.3. The normalized spacial score (nSPS) is 31.0. The van der Waals surface area contributed by atoms with Crippen LogP contribution in [0.1, 0.15) is 31.7 Å². The molecule has 0 bridgehead atoms. The van der Waals surface area contributed by atoms with Crippen LogP contribution in [0.2, 0.25) is 0 Å². The molecule has 1 N–H and O–H groups in total.